The summed E-state index contributed by atoms with van der Waals surface area (Å²) in [4.78, 5) is 10.8. The molecule has 0 spiro atoms. The number of alkyl halides is 3. The van der Waals surface area contributed by atoms with E-state index in [0.29, 0.717) is 0 Å². The second-order valence-corrected chi connectivity index (χ2v) is 4.40. The molecule has 0 bridgehead atoms. The van der Waals surface area contributed by atoms with E-state index in [1.165, 1.54) is 6.92 Å². The summed E-state index contributed by atoms with van der Waals surface area (Å²) in [5.74, 6) is 0. The molecule has 0 aliphatic carbocycles. The molecule has 0 aromatic rings. The molecule has 0 radical (unpaired) electrons. The van der Waals surface area contributed by atoms with Crippen LogP contribution in [0.3, 0.4) is 0 Å². The van der Waals surface area contributed by atoms with Crippen molar-refractivity contribution in [2.45, 2.75) is 25.9 Å². The molecule has 13 heavy (non-hydrogen) atoms. The van der Waals surface area contributed by atoms with Gasteiger partial charge >= 0.3 is 6.18 Å². The van der Waals surface area contributed by atoms with Gasteiger partial charge < -0.3 is 14.0 Å². The summed E-state index contributed by atoms with van der Waals surface area (Å²) in [6.45, 7) is 1.43. The number of hydrogen-bond donors (Lipinski definition) is 0. The van der Waals surface area contributed by atoms with Crippen molar-refractivity contribution >= 4 is 7.60 Å². The summed E-state index contributed by atoms with van der Waals surface area (Å²) in [6.07, 6.45) is -6.39. The Morgan fingerprint density at radius 2 is 2.00 bits per heavy atom. The smallest absolute Gasteiger partial charge is 0.389 e. The van der Waals surface area contributed by atoms with Crippen LogP contribution in [0, 0.1) is 0 Å². The summed E-state index contributed by atoms with van der Waals surface area (Å²) in [5, 5.41) is 0. The third kappa shape index (κ3) is 8.28. The fraction of sp³-hybridized carbons (Fsp3) is 1.00. The van der Waals surface area contributed by atoms with Crippen LogP contribution in [-0.4, -0.2) is 18.9 Å². The van der Waals surface area contributed by atoms with Gasteiger partial charge in [0.1, 0.15) is 7.60 Å². The SMILES string of the molecule is CCOP(=O)([O-])CCCC(F)(F)F. The summed E-state index contributed by atoms with van der Waals surface area (Å²) in [7, 11) is -4.03. The summed E-state index contributed by atoms with van der Waals surface area (Å²) >= 11 is 0. The van der Waals surface area contributed by atoms with Gasteiger partial charge in [0.2, 0.25) is 0 Å². The third-order valence-corrected chi connectivity index (χ3v) is 2.73. The van der Waals surface area contributed by atoms with E-state index in [1.807, 2.05) is 0 Å². The molecule has 0 aliphatic heterocycles. The average molecular weight is 219 g/mol. The van der Waals surface area contributed by atoms with E-state index in [0.717, 1.165) is 0 Å². The second-order valence-electron chi connectivity index (χ2n) is 2.47. The van der Waals surface area contributed by atoms with E-state index in [4.69, 9.17) is 0 Å². The van der Waals surface area contributed by atoms with Crippen molar-refractivity contribution in [1.29, 1.82) is 0 Å². The minimum atomic E-state index is -4.30. The highest BCUT2D eigenvalue weighted by Gasteiger charge is 2.26. The molecule has 1 atom stereocenters. The quantitative estimate of drug-likeness (QED) is 0.663. The lowest BCUT2D eigenvalue weighted by Gasteiger charge is -2.22. The molecule has 0 N–H and O–H groups in total. The molecular formula is C6H11F3O3P-. The van der Waals surface area contributed by atoms with E-state index in [1.54, 1.807) is 0 Å². The van der Waals surface area contributed by atoms with Gasteiger partial charge in [0.05, 0.1) is 6.61 Å². The largest absolute Gasteiger partial charge is 0.778 e. The van der Waals surface area contributed by atoms with Crippen LogP contribution in [0.25, 0.3) is 0 Å². The van der Waals surface area contributed by atoms with Crippen LogP contribution in [0.15, 0.2) is 0 Å². The van der Waals surface area contributed by atoms with Crippen molar-refractivity contribution in [3.63, 3.8) is 0 Å². The molecule has 0 amide bonds. The topological polar surface area (TPSA) is 49.4 Å². The molecule has 0 aromatic carbocycles. The highest BCUT2D eigenvalue weighted by molar-refractivity contribution is 7.51. The van der Waals surface area contributed by atoms with Gasteiger partial charge in [-0.3, -0.25) is 0 Å². The van der Waals surface area contributed by atoms with Crippen molar-refractivity contribution in [3.05, 3.63) is 0 Å². The maximum absolute atomic E-state index is 11.6. The van der Waals surface area contributed by atoms with E-state index in [9.17, 15) is 22.6 Å². The zero-order valence-electron chi connectivity index (χ0n) is 7.13. The predicted molar refractivity (Wildman–Crippen MR) is 39.4 cm³/mol. The molecule has 80 valence electrons. The Kier molecular flexibility index (Phi) is 4.96. The first-order chi connectivity index (χ1) is 5.77. The molecule has 0 rings (SSSR count). The molecule has 0 heterocycles. The maximum Gasteiger partial charge on any atom is 0.389 e. The monoisotopic (exact) mass is 219 g/mol. The van der Waals surface area contributed by atoms with Crippen LogP contribution in [-0.2, 0) is 9.09 Å². The summed E-state index contributed by atoms with van der Waals surface area (Å²) in [5.41, 5.74) is 0. The van der Waals surface area contributed by atoms with E-state index >= 15 is 0 Å². The van der Waals surface area contributed by atoms with Gasteiger partial charge in [0.15, 0.2) is 0 Å². The lowest BCUT2D eigenvalue weighted by Crippen LogP contribution is -2.12. The van der Waals surface area contributed by atoms with Crippen molar-refractivity contribution < 1.29 is 27.2 Å². The van der Waals surface area contributed by atoms with Crippen molar-refractivity contribution in [3.8, 4) is 0 Å². The van der Waals surface area contributed by atoms with Gasteiger partial charge in [-0.15, -0.1) is 0 Å². The lowest BCUT2D eigenvalue weighted by molar-refractivity contribution is -0.198. The Morgan fingerprint density at radius 1 is 1.46 bits per heavy atom. The van der Waals surface area contributed by atoms with Gasteiger partial charge in [-0.05, 0) is 13.3 Å². The molecule has 0 aliphatic rings. The van der Waals surface area contributed by atoms with Gasteiger partial charge in [-0.25, -0.2) is 0 Å². The average Bonchev–Trinajstić information content (AvgIpc) is 1.82. The van der Waals surface area contributed by atoms with Gasteiger partial charge in [0, 0.05) is 12.6 Å². The number of halogens is 3. The number of rotatable bonds is 5. The zero-order chi connectivity index (χ0) is 10.5. The van der Waals surface area contributed by atoms with Crippen molar-refractivity contribution in [1.82, 2.24) is 0 Å². The second kappa shape index (κ2) is 4.98. The Bertz CT molecular complexity index is 192. The summed E-state index contributed by atoms with van der Waals surface area (Å²) in [6, 6.07) is 0. The molecule has 1 unspecified atom stereocenters. The van der Waals surface area contributed by atoms with Crippen LogP contribution >= 0.6 is 7.60 Å². The molecule has 7 heteroatoms. The van der Waals surface area contributed by atoms with Crippen LogP contribution in [0.4, 0.5) is 13.2 Å². The fourth-order valence-electron chi connectivity index (χ4n) is 0.734. The third-order valence-electron chi connectivity index (χ3n) is 1.22. The molecule has 0 fully saturated rings. The zero-order valence-corrected chi connectivity index (χ0v) is 8.03. The first kappa shape index (κ1) is 12.9. The highest BCUT2D eigenvalue weighted by Crippen LogP contribution is 2.38. The molecule has 3 nitrogen and oxygen atoms in total. The molecule has 0 saturated heterocycles. The van der Waals surface area contributed by atoms with E-state index < -0.39 is 32.8 Å². The Morgan fingerprint density at radius 3 is 2.38 bits per heavy atom. The highest BCUT2D eigenvalue weighted by atomic mass is 31.2. The van der Waals surface area contributed by atoms with E-state index in [2.05, 4.69) is 4.52 Å². The van der Waals surface area contributed by atoms with Crippen LogP contribution in [0.1, 0.15) is 19.8 Å². The Hall–Kier alpha value is -0.0600. The van der Waals surface area contributed by atoms with Gasteiger partial charge in [0.25, 0.3) is 0 Å². The minimum Gasteiger partial charge on any atom is -0.778 e. The van der Waals surface area contributed by atoms with Crippen LogP contribution < -0.4 is 4.89 Å². The van der Waals surface area contributed by atoms with Gasteiger partial charge in [-0.1, -0.05) is 0 Å². The van der Waals surface area contributed by atoms with E-state index in [-0.39, 0.29) is 6.61 Å². The van der Waals surface area contributed by atoms with Crippen LogP contribution in [0.5, 0.6) is 0 Å². The summed E-state index contributed by atoms with van der Waals surface area (Å²) < 4.78 is 49.8. The predicted octanol–water partition coefficient (Wildman–Crippen LogP) is 1.92. The number of hydrogen-bond acceptors (Lipinski definition) is 3. The van der Waals surface area contributed by atoms with Crippen molar-refractivity contribution in [2.24, 2.45) is 0 Å². The first-order valence-corrected chi connectivity index (χ1v) is 5.51. The normalized spacial score (nSPS) is 17.0. The Balaban J connectivity index is 3.70. The fourth-order valence-corrected chi connectivity index (χ4v) is 1.80. The van der Waals surface area contributed by atoms with Crippen molar-refractivity contribution in [2.75, 3.05) is 12.8 Å². The Labute approximate surface area is 74.4 Å². The lowest BCUT2D eigenvalue weighted by atomic mass is 10.3. The molecular weight excluding hydrogens is 208 g/mol. The van der Waals surface area contributed by atoms with Gasteiger partial charge in [-0.2, -0.15) is 13.2 Å². The standard InChI is InChI=1S/C6H12F3O3P/c1-2-12-13(10,11)5-3-4-6(7,8)9/h2-5H2,1H3,(H,10,11)/p-1. The molecule has 0 saturated carbocycles. The maximum atomic E-state index is 11.6. The first-order valence-electron chi connectivity index (χ1n) is 3.78. The minimum absolute atomic E-state index is 0.0349. The van der Waals surface area contributed by atoms with Crippen LogP contribution in [0.2, 0.25) is 0 Å². The molecule has 0 aromatic heterocycles.